The van der Waals surface area contributed by atoms with Crippen LogP contribution in [0, 0.1) is 0 Å². The maximum atomic E-state index is 13.8. The SMILES string of the molecule is C[C@@H](OC(=O)[C@H](NC(=O)OCC1c2ccccc2-c2ccccc21)[C@@H](C)OC(C)(C)C)[C@H](NC(=O)OC(C)(C)C)C(=O)OCc1ccccc1. The Morgan fingerprint density at radius 2 is 1.16 bits per heavy atom. The average Bonchev–Trinajstić information content (AvgIpc) is 3.36. The first-order valence-corrected chi connectivity index (χ1v) is 16.7. The molecule has 0 radical (unpaired) electrons. The summed E-state index contributed by atoms with van der Waals surface area (Å²) in [6.07, 6.45) is -3.87. The van der Waals surface area contributed by atoms with Gasteiger partial charge in [0, 0.05) is 5.92 Å². The molecule has 0 spiro atoms. The van der Waals surface area contributed by atoms with Crippen molar-refractivity contribution in [3.8, 4) is 11.1 Å². The van der Waals surface area contributed by atoms with Crippen LogP contribution in [0.3, 0.4) is 0 Å². The molecule has 0 fully saturated rings. The van der Waals surface area contributed by atoms with Gasteiger partial charge >= 0.3 is 24.1 Å². The molecule has 0 unspecified atom stereocenters. The molecule has 0 heterocycles. The lowest BCUT2D eigenvalue weighted by Crippen LogP contribution is -2.55. The number of ether oxygens (including phenoxy) is 5. The van der Waals surface area contributed by atoms with Crippen molar-refractivity contribution in [2.75, 3.05) is 6.61 Å². The van der Waals surface area contributed by atoms with Crippen LogP contribution in [0.1, 0.15) is 78.0 Å². The van der Waals surface area contributed by atoms with Crippen LogP contribution in [-0.4, -0.2) is 66.2 Å². The van der Waals surface area contributed by atoms with Crippen LogP contribution in [0.5, 0.6) is 0 Å². The van der Waals surface area contributed by atoms with Crippen molar-refractivity contribution in [1.82, 2.24) is 10.6 Å². The molecule has 50 heavy (non-hydrogen) atoms. The molecule has 4 rings (SSSR count). The van der Waals surface area contributed by atoms with Crippen LogP contribution in [0.2, 0.25) is 0 Å². The van der Waals surface area contributed by atoms with E-state index in [-0.39, 0.29) is 19.1 Å². The van der Waals surface area contributed by atoms with Crippen LogP contribution in [0.25, 0.3) is 11.1 Å². The van der Waals surface area contributed by atoms with Gasteiger partial charge in [-0.25, -0.2) is 19.2 Å². The number of benzene rings is 3. The van der Waals surface area contributed by atoms with Crippen LogP contribution < -0.4 is 10.6 Å². The number of amides is 2. The van der Waals surface area contributed by atoms with Gasteiger partial charge in [-0.15, -0.1) is 0 Å². The van der Waals surface area contributed by atoms with Gasteiger partial charge in [-0.2, -0.15) is 0 Å². The Kier molecular flexibility index (Phi) is 12.3. The number of hydrogen-bond donors (Lipinski definition) is 2. The van der Waals surface area contributed by atoms with E-state index in [4.69, 9.17) is 23.7 Å². The third kappa shape index (κ3) is 10.5. The monoisotopic (exact) mass is 688 g/mol. The van der Waals surface area contributed by atoms with Crippen molar-refractivity contribution in [2.24, 2.45) is 0 Å². The molecule has 0 bridgehead atoms. The van der Waals surface area contributed by atoms with E-state index in [1.165, 1.54) is 6.92 Å². The summed E-state index contributed by atoms with van der Waals surface area (Å²) < 4.78 is 28.3. The Labute approximate surface area is 294 Å². The highest BCUT2D eigenvalue weighted by molar-refractivity contribution is 5.85. The molecule has 11 heteroatoms. The maximum Gasteiger partial charge on any atom is 0.408 e. The number of carbonyl (C=O) groups excluding carboxylic acids is 4. The minimum Gasteiger partial charge on any atom is -0.459 e. The molecule has 3 aromatic carbocycles. The summed E-state index contributed by atoms with van der Waals surface area (Å²) in [7, 11) is 0. The van der Waals surface area contributed by atoms with E-state index in [2.05, 4.69) is 10.6 Å². The number of carbonyl (C=O) groups is 4. The zero-order valence-electron chi connectivity index (χ0n) is 30.0. The zero-order chi connectivity index (χ0) is 36.6. The Morgan fingerprint density at radius 1 is 0.640 bits per heavy atom. The largest absolute Gasteiger partial charge is 0.459 e. The standard InChI is InChI=1S/C39H48N2O9/c1-24(32(41-37(45)50-39(6,7)8)34(42)46-22-26-16-10-9-11-17-26)48-35(43)33(25(2)49-38(3,4)5)40-36(44)47-23-31-29-20-14-12-18-27(29)28-19-13-15-21-30(28)31/h9-21,24-25,31-33H,22-23H2,1-8H3,(H,40,44)(H,41,45)/t24-,25-,32+,33-/m1/s1. The third-order valence-corrected chi connectivity index (χ3v) is 7.80. The maximum absolute atomic E-state index is 13.8. The fourth-order valence-electron chi connectivity index (χ4n) is 5.71. The number of alkyl carbamates (subject to hydrolysis) is 2. The summed E-state index contributed by atoms with van der Waals surface area (Å²) in [5.41, 5.74) is 3.42. The fraction of sp³-hybridized carbons (Fsp3) is 0.436. The number of fused-ring (bicyclic) bond motifs is 3. The van der Waals surface area contributed by atoms with Gasteiger partial charge in [0.1, 0.15) is 24.9 Å². The van der Waals surface area contributed by atoms with E-state index in [0.29, 0.717) is 0 Å². The normalized spacial score (nSPS) is 15.0. The number of rotatable bonds is 12. The Balaban J connectivity index is 1.48. The molecule has 2 amide bonds. The van der Waals surface area contributed by atoms with Gasteiger partial charge in [0.05, 0.1) is 11.7 Å². The predicted octanol–water partition coefficient (Wildman–Crippen LogP) is 6.67. The molecule has 4 atom stereocenters. The summed E-state index contributed by atoms with van der Waals surface area (Å²) in [6, 6.07) is 22.1. The molecular formula is C39H48N2O9. The van der Waals surface area contributed by atoms with Crippen LogP contribution in [-0.2, 0) is 39.9 Å². The van der Waals surface area contributed by atoms with Gasteiger partial charge in [0.2, 0.25) is 0 Å². The molecule has 0 saturated carbocycles. The van der Waals surface area contributed by atoms with Gasteiger partial charge in [-0.05, 0) is 83.2 Å². The third-order valence-electron chi connectivity index (χ3n) is 7.80. The second kappa shape index (κ2) is 16.2. The van der Waals surface area contributed by atoms with E-state index in [9.17, 15) is 19.2 Å². The van der Waals surface area contributed by atoms with Gasteiger partial charge in [0.15, 0.2) is 12.1 Å². The quantitative estimate of drug-likeness (QED) is 0.158. The van der Waals surface area contributed by atoms with Gasteiger partial charge in [-0.1, -0.05) is 78.9 Å². The Hall–Kier alpha value is -4.90. The van der Waals surface area contributed by atoms with E-state index < -0.39 is 59.6 Å². The molecule has 3 aromatic rings. The van der Waals surface area contributed by atoms with Crippen molar-refractivity contribution in [3.05, 3.63) is 95.6 Å². The molecule has 11 nitrogen and oxygen atoms in total. The Bertz CT molecular complexity index is 1600. The average molecular weight is 689 g/mol. The summed E-state index contributed by atoms with van der Waals surface area (Å²) >= 11 is 0. The van der Waals surface area contributed by atoms with Gasteiger partial charge in [0.25, 0.3) is 0 Å². The fourth-order valence-corrected chi connectivity index (χ4v) is 5.71. The van der Waals surface area contributed by atoms with Crippen molar-refractivity contribution in [1.29, 1.82) is 0 Å². The van der Waals surface area contributed by atoms with Gasteiger partial charge in [-0.3, -0.25) is 0 Å². The molecular weight excluding hydrogens is 640 g/mol. The predicted molar refractivity (Wildman–Crippen MR) is 187 cm³/mol. The van der Waals surface area contributed by atoms with E-state index >= 15 is 0 Å². The summed E-state index contributed by atoms with van der Waals surface area (Å²) in [5.74, 6) is -1.95. The summed E-state index contributed by atoms with van der Waals surface area (Å²) in [5, 5.41) is 5.09. The van der Waals surface area contributed by atoms with Crippen molar-refractivity contribution < 1.29 is 42.9 Å². The van der Waals surface area contributed by atoms with Crippen LogP contribution in [0.4, 0.5) is 9.59 Å². The van der Waals surface area contributed by atoms with Crippen LogP contribution >= 0.6 is 0 Å². The second-order valence-corrected chi connectivity index (χ2v) is 14.2. The first kappa shape index (κ1) is 37.9. The van der Waals surface area contributed by atoms with E-state index in [1.54, 1.807) is 52.0 Å². The first-order chi connectivity index (χ1) is 23.5. The lowest BCUT2D eigenvalue weighted by molar-refractivity contribution is -0.164. The van der Waals surface area contributed by atoms with Gasteiger partial charge < -0.3 is 34.3 Å². The number of esters is 2. The van der Waals surface area contributed by atoms with Crippen molar-refractivity contribution >= 4 is 24.1 Å². The molecule has 0 aromatic heterocycles. The highest BCUT2D eigenvalue weighted by atomic mass is 16.6. The molecule has 0 aliphatic heterocycles. The van der Waals surface area contributed by atoms with Crippen molar-refractivity contribution in [2.45, 2.75) is 103 Å². The highest BCUT2D eigenvalue weighted by Gasteiger charge is 2.38. The summed E-state index contributed by atoms with van der Waals surface area (Å²) in [4.78, 5) is 53.1. The zero-order valence-corrected chi connectivity index (χ0v) is 30.0. The molecule has 2 N–H and O–H groups in total. The molecule has 1 aliphatic carbocycles. The number of hydrogen-bond acceptors (Lipinski definition) is 9. The lowest BCUT2D eigenvalue weighted by atomic mass is 9.98. The first-order valence-electron chi connectivity index (χ1n) is 16.7. The van der Waals surface area contributed by atoms with E-state index in [0.717, 1.165) is 27.8 Å². The van der Waals surface area contributed by atoms with E-state index in [1.807, 2.05) is 75.4 Å². The minimum atomic E-state index is -1.44. The molecule has 1 aliphatic rings. The second-order valence-electron chi connectivity index (χ2n) is 14.2. The Morgan fingerprint density at radius 3 is 1.72 bits per heavy atom. The lowest BCUT2D eigenvalue weighted by Gasteiger charge is -2.31. The number of nitrogens with one attached hydrogen (secondary N) is 2. The molecule has 0 saturated heterocycles. The highest BCUT2D eigenvalue weighted by Crippen LogP contribution is 2.44. The molecule has 268 valence electrons. The topological polar surface area (TPSA) is 138 Å². The van der Waals surface area contributed by atoms with Crippen LogP contribution in [0.15, 0.2) is 78.9 Å². The summed E-state index contributed by atoms with van der Waals surface area (Å²) in [6.45, 7) is 13.5. The minimum absolute atomic E-state index is 0.0294. The smallest absolute Gasteiger partial charge is 0.408 e. The van der Waals surface area contributed by atoms with Crippen molar-refractivity contribution in [3.63, 3.8) is 0 Å².